The minimum absolute atomic E-state index is 0.0329. The number of hydrogen-bond donors (Lipinski definition) is 2. The molecule has 0 spiro atoms. The lowest BCUT2D eigenvalue weighted by Gasteiger charge is -2.12. The fraction of sp³-hybridized carbons (Fsp3) is 0.462. The van der Waals surface area contributed by atoms with E-state index in [9.17, 15) is 4.79 Å². The highest BCUT2D eigenvalue weighted by Crippen LogP contribution is 2.44. The van der Waals surface area contributed by atoms with Gasteiger partial charge < -0.3 is 10.4 Å². The second kappa shape index (κ2) is 5.10. The van der Waals surface area contributed by atoms with Crippen molar-refractivity contribution in [3.8, 4) is 0 Å². The van der Waals surface area contributed by atoms with Crippen LogP contribution >= 0.6 is 11.8 Å². The van der Waals surface area contributed by atoms with Crippen LogP contribution in [0.15, 0.2) is 29.2 Å². The second-order valence-corrected chi connectivity index (χ2v) is 5.45. The summed E-state index contributed by atoms with van der Waals surface area (Å²) in [6.45, 7) is 0.741. The van der Waals surface area contributed by atoms with E-state index in [-0.39, 0.29) is 17.9 Å². The number of hydrogen-bond acceptors (Lipinski definition) is 3. The van der Waals surface area contributed by atoms with Crippen molar-refractivity contribution in [1.82, 2.24) is 5.32 Å². The molecule has 1 fully saturated rings. The van der Waals surface area contributed by atoms with E-state index in [4.69, 9.17) is 5.11 Å². The molecule has 1 amide bonds. The van der Waals surface area contributed by atoms with Gasteiger partial charge >= 0.3 is 0 Å². The number of aliphatic hydroxyl groups is 1. The fourth-order valence-corrected chi connectivity index (χ4v) is 2.09. The van der Waals surface area contributed by atoms with Crippen LogP contribution in [0, 0.1) is 5.41 Å². The number of nitrogens with one attached hydrogen (secondary N) is 1. The average Bonchev–Trinajstić information content (AvgIpc) is 3.17. The Balaban J connectivity index is 1.90. The molecule has 0 bridgehead atoms. The van der Waals surface area contributed by atoms with Crippen LogP contribution in [0.4, 0.5) is 0 Å². The van der Waals surface area contributed by atoms with Crippen LogP contribution < -0.4 is 5.32 Å². The summed E-state index contributed by atoms with van der Waals surface area (Å²) < 4.78 is 0. The quantitative estimate of drug-likeness (QED) is 0.786. The second-order valence-electron chi connectivity index (χ2n) is 4.57. The number of carbonyl (C=O) groups excluding carboxylic acids is 1. The molecule has 17 heavy (non-hydrogen) atoms. The van der Waals surface area contributed by atoms with Crippen molar-refractivity contribution in [3.05, 3.63) is 29.8 Å². The summed E-state index contributed by atoms with van der Waals surface area (Å²) in [5, 5.41) is 12.0. The molecule has 0 radical (unpaired) electrons. The molecule has 1 saturated carbocycles. The number of thioether (sulfide) groups is 1. The Bertz CT molecular complexity index is 398. The van der Waals surface area contributed by atoms with Crippen LogP contribution in [0.2, 0.25) is 0 Å². The zero-order chi connectivity index (χ0) is 12.3. The summed E-state index contributed by atoms with van der Waals surface area (Å²) in [5.41, 5.74) is 0.644. The monoisotopic (exact) mass is 251 g/mol. The van der Waals surface area contributed by atoms with E-state index in [2.05, 4.69) is 5.32 Å². The van der Waals surface area contributed by atoms with Gasteiger partial charge in [0.15, 0.2) is 0 Å². The molecule has 1 aliphatic rings. The Morgan fingerprint density at radius 1 is 1.41 bits per heavy atom. The summed E-state index contributed by atoms with van der Waals surface area (Å²) >= 11 is 1.66. The summed E-state index contributed by atoms with van der Waals surface area (Å²) in [7, 11) is 0. The summed E-state index contributed by atoms with van der Waals surface area (Å²) in [4.78, 5) is 13.0. The van der Waals surface area contributed by atoms with Gasteiger partial charge in [0.1, 0.15) is 0 Å². The zero-order valence-corrected chi connectivity index (χ0v) is 10.7. The fourth-order valence-electron chi connectivity index (χ4n) is 1.68. The minimum atomic E-state index is -0.0580. The van der Waals surface area contributed by atoms with Gasteiger partial charge in [0.2, 0.25) is 0 Å². The number of rotatable bonds is 5. The van der Waals surface area contributed by atoms with Gasteiger partial charge in [-0.05, 0) is 43.4 Å². The van der Waals surface area contributed by atoms with E-state index < -0.39 is 0 Å². The normalized spacial score (nSPS) is 16.6. The van der Waals surface area contributed by atoms with Crippen LogP contribution in [0.25, 0.3) is 0 Å². The van der Waals surface area contributed by atoms with Gasteiger partial charge in [-0.3, -0.25) is 4.79 Å². The van der Waals surface area contributed by atoms with Gasteiger partial charge in [-0.1, -0.05) is 0 Å². The molecular formula is C13H17NO2S. The first-order valence-electron chi connectivity index (χ1n) is 5.72. The van der Waals surface area contributed by atoms with Crippen LogP contribution in [0.3, 0.4) is 0 Å². The highest BCUT2D eigenvalue weighted by molar-refractivity contribution is 7.98. The molecule has 1 aliphatic carbocycles. The maximum absolute atomic E-state index is 11.8. The zero-order valence-electron chi connectivity index (χ0n) is 9.90. The van der Waals surface area contributed by atoms with E-state index in [0.29, 0.717) is 12.1 Å². The first kappa shape index (κ1) is 12.5. The largest absolute Gasteiger partial charge is 0.396 e. The van der Waals surface area contributed by atoms with Gasteiger partial charge in [0, 0.05) is 22.4 Å². The number of aliphatic hydroxyl groups excluding tert-OH is 1. The minimum Gasteiger partial charge on any atom is -0.396 e. The first-order chi connectivity index (χ1) is 8.19. The molecule has 0 atom stereocenters. The third kappa shape index (κ3) is 3.01. The van der Waals surface area contributed by atoms with Crippen LogP contribution in [-0.4, -0.2) is 30.4 Å². The number of amides is 1. The Morgan fingerprint density at radius 3 is 2.53 bits per heavy atom. The Hall–Kier alpha value is -1.00. The molecule has 1 aromatic carbocycles. The van der Waals surface area contributed by atoms with E-state index in [1.807, 2.05) is 30.5 Å². The van der Waals surface area contributed by atoms with Gasteiger partial charge in [0.25, 0.3) is 5.91 Å². The summed E-state index contributed by atoms with van der Waals surface area (Å²) in [5.74, 6) is -0.0580. The van der Waals surface area contributed by atoms with Crippen LogP contribution in [0.5, 0.6) is 0 Å². The maximum atomic E-state index is 11.8. The predicted octanol–water partition coefficient (Wildman–Crippen LogP) is 1.91. The molecule has 92 valence electrons. The lowest BCUT2D eigenvalue weighted by molar-refractivity contribution is 0.0935. The molecule has 0 aliphatic heterocycles. The lowest BCUT2D eigenvalue weighted by atomic mass is 10.1. The van der Waals surface area contributed by atoms with Crippen molar-refractivity contribution in [2.24, 2.45) is 5.41 Å². The van der Waals surface area contributed by atoms with Crippen molar-refractivity contribution in [3.63, 3.8) is 0 Å². The molecule has 3 nitrogen and oxygen atoms in total. The summed E-state index contributed by atoms with van der Waals surface area (Å²) in [6, 6.07) is 7.55. The third-order valence-electron chi connectivity index (χ3n) is 3.27. The topological polar surface area (TPSA) is 49.3 Å². The molecular weight excluding hydrogens is 234 g/mol. The Kier molecular flexibility index (Phi) is 3.74. The van der Waals surface area contributed by atoms with E-state index in [1.165, 1.54) is 0 Å². The predicted molar refractivity (Wildman–Crippen MR) is 69.3 cm³/mol. The highest BCUT2D eigenvalue weighted by atomic mass is 32.2. The third-order valence-corrected chi connectivity index (χ3v) is 4.01. The molecule has 0 saturated heterocycles. The molecule has 2 rings (SSSR count). The Labute approximate surface area is 106 Å². The van der Waals surface area contributed by atoms with E-state index in [1.54, 1.807) is 11.8 Å². The van der Waals surface area contributed by atoms with Gasteiger partial charge in [-0.25, -0.2) is 0 Å². The maximum Gasteiger partial charge on any atom is 0.251 e. The average molecular weight is 251 g/mol. The standard InChI is InChI=1S/C13H17NO2S/c1-17-11-4-2-10(3-5-11)12(16)14-8-13(9-15)6-7-13/h2-5,15H,6-9H2,1H3,(H,14,16). The SMILES string of the molecule is CSc1ccc(C(=O)NCC2(CO)CC2)cc1. The van der Waals surface area contributed by atoms with Crippen molar-refractivity contribution < 1.29 is 9.90 Å². The molecule has 0 aromatic heterocycles. The van der Waals surface area contributed by atoms with Crippen LogP contribution in [0.1, 0.15) is 23.2 Å². The van der Waals surface area contributed by atoms with Crippen molar-refractivity contribution in [2.45, 2.75) is 17.7 Å². The lowest BCUT2D eigenvalue weighted by Crippen LogP contribution is -2.31. The highest BCUT2D eigenvalue weighted by Gasteiger charge is 2.42. The van der Waals surface area contributed by atoms with Gasteiger partial charge in [0.05, 0.1) is 6.61 Å². The molecule has 2 N–H and O–H groups in total. The van der Waals surface area contributed by atoms with Crippen molar-refractivity contribution in [2.75, 3.05) is 19.4 Å². The van der Waals surface area contributed by atoms with Crippen molar-refractivity contribution >= 4 is 17.7 Å². The first-order valence-corrected chi connectivity index (χ1v) is 6.95. The molecule has 0 heterocycles. The summed E-state index contributed by atoms with van der Waals surface area (Å²) in [6.07, 6.45) is 4.03. The van der Waals surface area contributed by atoms with E-state index >= 15 is 0 Å². The van der Waals surface area contributed by atoms with Crippen LogP contribution in [-0.2, 0) is 0 Å². The smallest absolute Gasteiger partial charge is 0.251 e. The number of carbonyl (C=O) groups is 1. The molecule has 0 unspecified atom stereocenters. The van der Waals surface area contributed by atoms with E-state index in [0.717, 1.165) is 17.7 Å². The molecule has 4 heteroatoms. The van der Waals surface area contributed by atoms with Gasteiger partial charge in [-0.15, -0.1) is 11.8 Å². The van der Waals surface area contributed by atoms with Gasteiger partial charge in [-0.2, -0.15) is 0 Å². The van der Waals surface area contributed by atoms with Crippen molar-refractivity contribution in [1.29, 1.82) is 0 Å². The number of benzene rings is 1. The molecule has 1 aromatic rings. The Morgan fingerprint density at radius 2 is 2.06 bits per heavy atom.